The maximum Gasteiger partial charge on any atom is 0.241 e. The summed E-state index contributed by atoms with van der Waals surface area (Å²) in [5, 5.41) is 2.82. The van der Waals surface area contributed by atoms with E-state index in [4.69, 9.17) is 5.73 Å². The number of amides is 1. The molecule has 0 aromatic heterocycles. The van der Waals surface area contributed by atoms with Crippen LogP contribution in [-0.4, -0.2) is 11.9 Å². The van der Waals surface area contributed by atoms with Crippen LogP contribution < -0.4 is 11.1 Å². The van der Waals surface area contributed by atoms with E-state index in [-0.39, 0.29) is 5.91 Å². The minimum Gasteiger partial charge on any atom is -0.324 e. The first-order valence-corrected chi connectivity index (χ1v) is 7.14. The van der Waals surface area contributed by atoms with Crippen LogP contribution in [0.1, 0.15) is 26.2 Å². The van der Waals surface area contributed by atoms with E-state index in [1.807, 2.05) is 18.2 Å². The highest BCUT2D eigenvalue weighted by molar-refractivity contribution is 9.11. The highest BCUT2D eigenvalue weighted by atomic mass is 79.9. The van der Waals surface area contributed by atoms with Gasteiger partial charge in [0.1, 0.15) is 0 Å². The SMILES string of the molecule is CCCC[C@H](N)C(=O)Nc1cc(Br)ccc1Br. The number of anilines is 1. The van der Waals surface area contributed by atoms with Gasteiger partial charge < -0.3 is 11.1 Å². The molecular formula is C12H16Br2N2O. The summed E-state index contributed by atoms with van der Waals surface area (Å²) in [5.41, 5.74) is 6.53. The number of unbranched alkanes of at least 4 members (excludes halogenated alkanes) is 1. The second-order valence-electron chi connectivity index (χ2n) is 3.86. The van der Waals surface area contributed by atoms with Crippen LogP contribution in [0.3, 0.4) is 0 Å². The molecule has 1 aromatic carbocycles. The molecule has 0 fully saturated rings. The molecule has 0 saturated carbocycles. The lowest BCUT2D eigenvalue weighted by Crippen LogP contribution is -2.35. The lowest BCUT2D eigenvalue weighted by atomic mass is 10.1. The molecule has 0 aliphatic heterocycles. The predicted octanol–water partition coefficient (Wildman–Crippen LogP) is 3.67. The molecule has 1 atom stereocenters. The molecule has 3 nitrogen and oxygen atoms in total. The molecule has 0 saturated heterocycles. The number of hydrogen-bond acceptors (Lipinski definition) is 2. The van der Waals surface area contributed by atoms with Crippen molar-refractivity contribution in [2.24, 2.45) is 5.73 Å². The molecule has 0 heterocycles. The third kappa shape index (κ3) is 4.77. The van der Waals surface area contributed by atoms with Crippen molar-refractivity contribution in [1.29, 1.82) is 0 Å². The van der Waals surface area contributed by atoms with E-state index in [1.165, 1.54) is 0 Å². The van der Waals surface area contributed by atoms with Crippen molar-refractivity contribution in [3.8, 4) is 0 Å². The Bertz CT molecular complexity index is 396. The van der Waals surface area contributed by atoms with Gasteiger partial charge in [-0.05, 0) is 40.5 Å². The van der Waals surface area contributed by atoms with Crippen LogP contribution in [0.25, 0.3) is 0 Å². The van der Waals surface area contributed by atoms with Gasteiger partial charge in [-0.3, -0.25) is 4.79 Å². The molecule has 0 aliphatic carbocycles. The molecule has 1 amide bonds. The smallest absolute Gasteiger partial charge is 0.241 e. The summed E-state index contributed by atoms with van der Waals surface area (Å²) in [5.74, 6) is -0.141. The first-order valence-electron chi connectivity index (χ1n) is 5.56. The van der Waals surface area contributed by atoms with Gasteiger partial charge in [-0.25, -0.2) is 0 Å². The fraction of sp³-hybridized carbons (Fsp3) is 0.417. The van der Waals surface area contributed by atoms with Gasteiger partial charge in [0.2, 0.25) is 5.91 Å². The normalized spacial score (nSPS) is 12.2. The molecule has 0 aliphatic rings. The summed E-state index contributed by atoms with van der Waals surface area (Å²) in [6, 6.07) is 5.17. The number of carbonyl (C=O) groups is 1. The van der Waals surface area contributed by atoms with E-state index >= 15 is 0 Å². The number of rotatable bonds is 5. The van der Waals surface area contributed by atoms with Crippen LogP contribution in [0.5, 0.6) is 0 Å². The number of benzene rings is 1. The lowest BCUT2D eigenvalue weighted by molar-refractivity contribution is -0.117. The summed E-state index contributed by atoms with van der Waals surface area (Å²) in [4.78, 5) is 11.8. The van der Waals surface area contributed by atoms with Gasteiger partial charge in [0.25, 0.3) is 0 Å². The van der Waals surface area contributed by atoms with Crippen molar-refractivity contribution in [3.05, 3.63) is 27.1 Å². The van der Waals surface area contributed by atoms with Gasteiger partial charge in [-0.1, -0.05) is 35.7 Å². The first-order chi connectivity index (χ1) is 8.04. The standard InChI is InChI=1S/C12H16Br2N2O/c1-2-3-4-10(15)12(17)16-11-7-8(13)5-6-9(11)14/h5-7,10H,2-4,15H2,1H3,(H,16,17)/t10-/m0/s1. The average molecular weight is 364 g/mol. The molecule has 0 unspecified atom stereocenters. The number of hydrogen-bond donors (Lipinski definition) is 2. The minimum atomic E-state index is -0.444. The number of carbonyl (C=O) groups excluding carboxylic acids is 1. The van der Waals surface area contributed by atoms with Gasteiger partial charge >= 0.3 is 0 Å². The molecule has 1 aromatic rings. The average Bonchev–Trinajstić information content (AvgIpc) is 2.30. The minimum absolute atomic E-state index is 0.141. The van der Waals surface area contributed by atoms with E-state index in [1.54, 1.807) is 0 Å². The molecule has 0 radical (unpaired) electrons. The van der Waals surface area contributed by atoms with Crippen LogP contribution in [0.2, 0.25) is 0 Å². The highest BCUT2D eigenvalue weighted by Crippen LogP contribution is 2.26. The summed E-state index contributed by atoms with van der Waals surface area (Å²) < 4.78 is 1.76. The van der Waals surface area contributed by atoms with Gasteiger partial charge in [0, 0.05) is 8.95 Å². The molecule has 3 N–H and O–H groups in total. The Hall–Kier alpha value is -0.390. The molecule has 94 valence electrons. The fourth-order valence-electron chi connectivity index (χ4n) is 1.37. The predicted molar refractivity (Wildman–Crippen MR) is 78.0 cm³/mol. The topological polar surface area (TPSA) is 55.1 Å². The Balaban J connectivity index is 2.64. The summed E-state index contributed by atoms with van der Waals surface area (Å²) in [6.07, 6.45) is 2.73. The maximum absolute atomic E-state index is 11.8. The second-order valence-corrected chi connectivity index (χ2v) is 5.63. The van der Waals surface area contributed by atoms with Crippen molar-refractivity contribution in [3.63, 3.8) is 0 Å². The monoisotopic (exact) mass is 362 g/mol. The zero-order chi connectivity index (χ0) is 12.8. The van der Waals surface area contributed by atoms with E-state index < -0.39 is 6.04 Å². The van der Waals surface area contributed by atoms with Gasteiger partial charge in [-0.2, -0.15) is 0 Å². The Kier molecular flexibility index (Phi) is 6.16. The Morgan fingerprint density at radius 1 is 1.47 bits per heavy atom. The summed E-state index contributed by atoms with van der Waals surface area (Å²) in [6.45, 7) is 2.08. The van der Waals surface area contributed by atoms with E-state index in [9.17, 15) is 4.79 Å². The second kappa shape index (κ2) is 7.13. The van der Waals surface area contributed by atoms with Crippen molar-refractivity contribution < 1.29 is 4.79 Å². The molecule has 1 rings (SSSR count). The molecule has 17 heavy (non-hydrogen) atoms. The summed E-state index contributed by atoms with van der Waals surface area (Å²) in [7, 11) is 0. The Morgan fingerprint density at radius 3 is 2.82 bits per heavy atom. The molecule has 0 bridgehead atoms. The Labute approximate surface area is 118 Å². The zero-order valence-electron chi connectivity index (χ0n) is 9.67. The molecule has 0 spiro atoms. The van der Waals surface area contributed by atoms with Crippen molar-refractivity contribution in [2.45, 2.75) is 32.2 Å². The van der Waals surface area contributed by atoms with Gasteiger partial charge in [-0.15, -0.1) is 0 Å². The van der Waals surface area contributed by atoms with E-state index in [0.717, 1.165) is 27.5 Å². The van der Waals surface area contributed by atoms with Crippen molar-refractivity contribution in [1.82, 2.24) is 0 Å². The first kappa shape index (κ1) is 14.7. The van der Waals surface area contributed by atoms with Crippen LogP contribution in [0.4, 0.5) is 5.69 Å². The zero-order valence-corrected chi connectivity index (χ0v) is 12.8. The third-order valence-electron chi connectivity index (χ3n) is 2.39. The van der Waals surface area contributed by atoms with Crippen LogP contribution >= 0.6 is 31.9 Å². The van der Waals surface area contributed by atoms with Gasteiger partial charge in [0.05, 0.1) is 11.7 Å². The maximum atomic E-state index is 11.8. The number of nitrogens with two attached hydrogens (primary N) is 1. The molecule has 5 heteroatoms. The Morgan fingerprint density at radius 2 is 2.18 bits per heavy atom. The quantitative estimate of drug-likeness (QED) is 0.838. The van der Waals surface area contributed by atoms with Crippen molar-refractivity contribution in [2.75, 3.05) is 5.32 Å². The largest absolute Gasteiger partial charge is 0.324 e. The third-order valence-corrected chi connectivity index (χ3v) is 3.58. The number of halogens is 2. The molecular weight excluding hydrogens is 348 g/mol. The van der Waals surface area contributed by atoms with E-state index in [0.29, 0.717) is 6.42 Å². The van der Waals surface area contributed by atoms with Crippen LogP contribution in [0.15, 0.2) is 27.1 Å². The van der Waals surface area contributed by atoms with E-state index in [2.05, 4.69) is 44.1 Å². The lowest BCUT2D eigenvalue weighted by Gasteiger charge is -2.13. The fourth-order valence-corrected chi connectivity index (χ4v) is 2.08. The highest BCUT2D eigenvalue weighted by Gasteiger charge is 2.14. The van der Waals surface area contributed by atoms with Crippen LogP contribution in [0, 0.1) is 0 Å². The van der Waals surface area contributed by atoms with Gasteiger partial charge in [0.15, 0.2) is 0 Å². The van der Waals surface area contributed by atoms with Crippen molar-refractivity contribution >= 4 is 43.5 Å². The number of nitrogens with one attached hydrogen (secondary N) is 1. The summed E-state index contributed by atoms with van der Waals surface area (Å²) >= 11 is 6.75. The van der Waals surface area contributed by atoms with Crippen LogP contribution in [-0.2, 0) is 4.79 Å².